The van der Waals surface area contributed by atoms with E-state index in [1.807, 2.05) is 42.5 Å². The summed E-state index contributed by atoms with van der Waals surface area (Å²) in [5, 5.41) is 7.26. The van der Waals surface area contributed by atoms with Crippen LogP contribution in [-0.4, -0.2) is 28.8 Å². The first-order chi connectivity index (χ1) is 14.2. The standard InChI is InChI=1S/C23H24N4O2/c28-22-15-14-20(25-27(22)18-10-4-3-5-11-18)23(29)24-19-12-6-7-13-21(19)26-16-8-1-2-9-17-26/h3-7,10-15H,1-2,8-9,16-17H2,(H,24,29). The van der Waals surface area contributed by atoms with Crippen LogP contribution >= 0.6 is 0 Å². The molecule has 0 unspecified atom stereocenters. The van der Waals surface area contributed by atoms with Crippen molar-refractivity contribution in [2.24, 2.45) is 0 Å². The summed E-state index contributed by atoms with van der Waals surface area (Å²) in [5.41, 5.74) is 2.33. The summed E-state index contributed by atoms with van der Waals surface area (Å²) in [6, 6.07) is 19.8. The molecule has 2 heterocycles. The van der Waals surface area contributed by atoms with Gasteiger partial charge in [0.05, 0.1) is 17.1 Å². The number of aromatic nitrogens is 2. The van der Waals surface area contributed by atoms with Crippen LogP contribution in [0.15, 0.2) is 71.5 Å². The molecule has 3 aromatic rings. The summed E-state index contributed by atoms with van der Waals surface area (Å²) in [6.07, 6.45) is 4.81. The average molecular weight is 388 g/mol. The number of carbonyl (C=O) groups excluding carboxylic acids is 1. The van der Waals surface area contributed by atoms with Crippen LogP contribution < -0.4 is 15.8 Å². The molecule has 29 heavy (non-hydrogen) atoms. The number of rotatable bonds is 4. The molecule has 6 nitrogen and oxygen atoms in total. The largest absolute Gasteiger partial charge is 0.370 e. The third-order valence-corrected chi connectivity index (χ3v) is 5.13. The first-order valence-electron chi connectivity index (χ1n) is 10.0. The van der Waals surface area contributed by atoms with Gasteiger partial charge < -0.3 is 10.2 Å². The number of para-hydroxylation sites is 3. The fourth-order valence-corrected chi connectivity index (χ4v) is 3.64. The number of carbonyl (C=O) groups is 1. The molecule has 1 N–H and O–H groups in total. The quantitative estimate of drug-likeness (QED) is 0.737. The van der Waals surface area contributed by atoms with E-state index >= 15 is 0 Å². The monoisotopic (exact) mass is 388 g/mol. The topological polar surface area (TPSA) is 67.2 Å². The zero-order chi connectivity index (χ0) is 20.1. The number of hydrogen-bond acceptors (Lipinski definition) is 4. The van der Waals surface area contributed by atoms with Gasteiger partial charge in [0.15, 0.2) is 0 Å². The van der Waals surface area contributed by atoms with Crippen molar-refractivity contribution < 1.29 is 4.79 Å². The highest BCUT2D eigenvalue weighted by atomic mass is 16.2. The minimum absolute atomic E-state index is 0.194. The molecule has 0 radical (unpaired) electrons. The van der Waals surface area contributed by atoms with E-state index in [4.69, 9.17) is 0 Å². The molecular weight excluding hydrogens is 364 g/mol. The van der Waals surface area contributed by atoms with Crippen LogP contribution in [0, 0.1) is 0 Å². The molecule has 0 aliphatic carbocycles. The van der Waals surface area contributed by atoms with Gasteiger partial charge in [0.25, 0.3) is 11.5 Å². The Morgan fingerprint density at radius 1 is 0.828 bits per heavy atom. The van der Waals surface area contributed by atoms with Gasteiger partial charge in [0.2, 0.25) is 0 Å². The lowest BCUT2D eigenvalue weighted by Gasteiger charge is -2.25. The zero-order valence-electron chi connectivity index (χ0n) is 16.3. The van der Waals surface area contributed by atoms with Crippen LogP contribution in [0.1, 0.15) is 36.2 Å². The van der Waals surface area contributed by atoms with Crippen molar-refractivity contribution in [3.05, 3.63) is 82.8 Å². The van der Waals surface area contributed by atoms with Gasteiger partial charge in [-0.1, -0.05) is 43.2 Å². The lowest BCUT2D eigenvalue weighted by atomic mass is 10.2. The molecule has 1 aliphatic heterocycles. The molecular formula is C23H24N4O2. The Morgan fingerprint density at radius 2 is 1.52 bits per heavy atom. The zero-order valence-corrected chi connectivity index (χ0v) is 16.3. The van der Waals surface area contributed by atoms with Gasteiger partial charge in [0.1, 0.15) is 5.69 Å². The van der Waals surface area contributed by atoms with Gasteiger partial charge >= 0.3 is 0 Å². The molecule has 1 aliphatic rings. The minimum Gasteiger partial charge on any atom is -0.370 e. The number of nitrogens with one attached hydrogen (secondary N) is 1. The molecule has 1 amide bonds. The fourth-order valence-electron chi connectivity index (χ4n) is 3.64. The minimum atomic E-state index is -0.336. The first-order valence-corrected chi connectivity index (χ1v) is 10.0. The van der Waals surface area contributed by atoms with Crippen molar-refractivity contribution in [2.75, 3.05) is 23.3 Å². The Bertz CT molecular complexity index is 1040. The molecule has 0 spiro atoms. The average Bonchev–Trinajstić information content (AvgIpc) is 3.04. The molecule has 2 aromatic carbocycles. The molecule has 0 saturated carbocycles. The lowest BCUT2D eigenvalue weighted by molar-refractivity contribution is 0.102. The summed E-state index contributed by atoms with van der Waals surface area (Å²) in [5.74, 6) is -0.336. The van der Waals surface area contributed by atoms with Crippen LogP contribution in [0.5, 0.6) is 0 Å². The van der Waals surface area contributed by atoms with Gasteiger partial charge in [-0.05, 0) is 43.2 Å². The fraction of sp³-hybridized carbons (Fsp3) is 0.261. The Morgan fingerprint density at radius 3 is 2.28 bits per heavy atom. The van der Waals surface area contributed by atoms with E-state index in [2.05, 4.69) is 15.3 Å². The van der Waals surface area contributed by atoms with Crippen LogP contribution in [-0.2, 0) is 0 Å². The van der Waals surface area contributed by atoms with Gasteiger partial charge in [0, 0.05) is 19.2 Å². The molecule has 1 saturated heterocycles. The summed E-state index contributed by atoms with van der Waals surface area (Å²) in [7, 11) is 0. The molecule has 4 rings (SSSR count). The third-order valence-electron chi connectivity index (χ3n) is 5.13. The highest BCUT2D eigenvalue weighted by Gasteiger charge is 2.17. The molecule has 0 bridgehead atoms. The van der Waals surface area contributed by atoms with Gasteiger partial charge in [-0.25, -0.2) is 0 Å². The van der Waals surface area contributed by atoms with E-state index in [1.54, 1.807) is 12.1 Å². The maximum Gasteiger partial charge on any atom is 0.276 e. The normalized spacial score (nSPS) is 14.3. The second kappa shape index (κ2) is 8.73. The summed E-state index contributed by atoms with van der Waals surface area (Å²) in [6.45, 7) is 1.98. The summed E-state index contributed by atoms with van der Waals surface area (Å²) < 4.78 is 1.25. The number of anilines is 2. The molecule has 1 fully saturated rings. The predicted octanol–water partition coefficient (Wildman–Crippen LogP) is 3.87. The summed E-state index contributed by atoms with van der Waals surface area (Å²) >= 11 is 0. The molecule has 1 aromatic heterocycles. The molecule has 0 atom stereocenters. The Hall–Kier alpha value is -3.41. The molecule has 148 valence electrons. The SMILES string of the molecule is O=C(Nc1ccccc1N1CCCCCC1)c1ccc(=O)n(-c2ccccc2)n1. The highest BCUT2D eigenvalue weighted by Crippen LogP contribution is 2.28. The lowest BCUT2D eigenvalue weighted by Crippen LogP contribution is -2.27. The van der Waals surface area contributed by atoms with Crippen LogP contribution in [0.2, 0.25) is 0 Å². The van der Waals surface area contributed by atoms with Crippen molar-refractivity contribution in [1.29, 1.82) is 0 Å². The van der Waals surface area contributed by atoms with E-state index < -0.39 is 0 Å². The van der Waals surface area contributed by atoms with E-state index in [-0.39, 0.29) is 17.2 Å². The Kier molecular flexibility index (Phi) is 5.70. The number of benzene rings is 2. The Balaban J connectivity index is 1.60. The Labute approximate surface area is 169 Å². The van der Waals surface area contributed by atoms with Crippen molar-refractivity contribution >= 4 is 17.3 Å². The predicted molar refractivity (Wildman–Crippen MR) is 115 cm³/mol. The van der Waals surface area contributed by atoms with Crippen molar-refractivity contribution in [1.82, 2.24) is 9.78 Å². The van der Waals surface area contributed by atoms with Crippen molar-refractivity contribution in [3.8, 4) is 5.69 Å². The number of amides is 1. The number of hydrogen-bond donors (Lipinski definition) is 1. The van der Waals surface area contributed by atoms with Crippen LogP contribution in [0.3, 0.4) is 0 Å². The second-order valence-electron chi connectivity index (χ2n) is 7.18. The van der Waals surface area contributed by atoms with E-state index in [1.165, 1.54) is 29.7 Å². The van der Waals surface area contributed by atoms with Gasteiger partial charge in [-0.3, -0.25) is 9.59 Å². The highest BCUT2D eigenvalue weighted by molar-refractivity contribution is 6.04. The van der Waals surface area contributed by atoms with Gasteiger partial charge in [-0.15, -0.1) is 0 Å². The van der Waals surface area contributed by atoms with Crippen molar-refractivity contribution in [2.45, 2.75) is 25.7 Å². The van der Waals surface area contributed by atoms with Crippen LogP contribution in [0.4, 0.5) is 11.4 Å². The van der Waals surface area contributed by atoms with Crippen molar-refractivity contribution in [3.63, 3.8) is 0 Å². The maximum absolute atomic E-state index is 12.9. The second-order valence-corrected chi connectivity index (χ2v) is 7.18. The van der Waals surface area contributed by atoms with E-state index in [9.17, 15) is 9.59 Å². The van der Waals surface area contributed by atoms with Crippen LogP contribution in [0.25, 0.3) is 5.69 Å². The summed E-state index contributed by atoms with van der Waals surface area (Å²) in [4.78, 5) is 27.4. The molecule has 6 heteroatoms. The third kappa shape index (κ3) is 4.37. The number of nitrogens with zero attached hydrogens (tertiary/aromatic N) is 3. The van der Waals surface area contributed by atoms with E-state index in [0.29, 0.717) is 5.69 Å². The maximum atomic E-state index is 12.9. The van der Waals surface area contributed by atoms with Gasteiger partial charge in [-0.2, -0.15) is 9.78 Å². The smallest absolute Gasteiger partial charge is 0.276 e. The van der Waals surface area contributed by atoms with E-state index in [0.717, 1.165) is 37.3 Å². The first kappa shape index (κ1) is 18.9.